The molecule has 4 aromatic carbocycles. The van der Waals surface area contributed by atoms with Crippen molar-refractivity contribution < 1.29 is 9.53 Å². The van der Waals surface area contributed by atoms with E-state index in [1.54, 1.807) is 0 Å². The van der Waals surface area contributed by atoms with Gasteiger partial charge in [0.2, 0.25) is 0 Å². The fourth-order valence-electron chi connectivity index (χ4n) is 3.92. The number of rotatable bonds is 5. The van der Waals surface area contributed by atoms with Gasteiger partial charge in [-0.3, -0.25) is 0 Å². The molecule has 152 valence electrons. The van der Waals surface area contributed by atoms with Crippen LogP contribution in [0, 0.1) is 0 Å². The Morgan fingerprint density at radius 2 is 1.53 bits per heavy atom. The summed E-state index contributed by atoms with van der Waals surface area (Å²) < 4.78 is 5.93. The summed E-state index contributed by atoms with van der Waals surface area (Å²) in [6, 6.07) is 26.8. The van der Waals surface area contributed by atoms with E-state index in [0.717, 1.165) is 17.4 Å². The fraction of sp³-hybridized carbons (Fsp3) is 0.250. The molecule has 0 N–H and O–H groups in total. The summed E-state index contributed by atoms with van der Waals surface area (Å²) in [5.41, 5.74) is 2.08. The van der Waals surface area contributed by atoms with Crippen LogP contribution in [0.5, 0.6) is 0 Å². The third-order valence-electron chi connectivity index (χ3n) is 6.12. The average Bonchev–Trinajstić information content (AvgIpc) is 2.77. The van der Waals surface area contributed by atoms with Crippen LogP contribution in [0.25, 0.3) is 21.5 Å². The van der Waals surface area contributed by atoms with E-state index in [4.69, 9.17) is 4.74 Å². The van der Waals surface area contributed by atoms with Gasteiger partial charge >= 0.3 is 5.97 Å². The molecule has 0 saturated carbocycles. The number of benzene rings is 4. The molecule has 2 heteroatoms. The molecule has 30 heavy (non-hydrogen) atoms. The summed E-state index contributed by atoms with van der Waals surface area (Å²) in [7, 11) is 0. The SMILES string of the molecule is CCC(C)c1ccc(C(=O)OC(C)(C)c2ccc3c(ccc4ccccc43)c2)cc1. The van der Waals surface area contributed by atoms with E-state index in [-0.39, 0.29) is 5.97 Å². The molecule has 2 nitrogen and oxygen atoms in total. The predicted molar refractivity (Wildman–Crippen MR) is 125 cm³/mol. The van der Waals surface area contributed by atoms with Crippen LogP contribution < -0.4 is 0 Å². The van der Waals surface area contributed by atoms with Crippen LogP contribution in [-0.4, -0.2) is 5.97 Å². The molecule has 1 atom stereocenters. The summed E-state index contributed by atoms with van der Waals surface area (Å²) in [5, 5.41) is 4.81. The third kappa shape index (κ3) is 3.82. The second-order valence-corrected chi connectivity index (χ2v) is 8.55. The zero-order valence-electron chi connectivity index (χ0n) is 18.1. The molecule has 0 spiro atoms. The van der Waals surface area contributed by atoms with Gasteiger partial charge in [0, 0.05) is 0 Å². The smallest absolute Gasteiger partial charge is 0.338 e. The quantitative estimate of drug-likeness (QED) is 0.256. The van der Waals surface area contributed by atoms with Crippen LogP contribution in [0.15, 0.2) is 78.9 Å². The summed E-state index contributed by atoms with van der Waals surface area (Å²) in [6.07, 6.45) is 1.08. The van der Waals surface area contributed by atoms with Gasteiger partial charge in [-0.25, -0.2) is 4.79 Å². The first-order valence-corrected chi connectivity index (χ1v) is 10.6. The highest BCUT2D eigenvalue weighted by atomic mass is 16.6. The number of hydrogen-bond donors (Lipinski definition) is 0. The standard InChI is InChI=1S/C28H28O2/c1-5-19(2)20-10-13-22(14-11-20)27(29)30-28(3,4)24-16-17-26-23(18-24)15-12-21-8-6-7-9-25(21)26/h6-19H,5H2,1-4H3. The molecule has 0 heterocycles. The Morgan fingerprint density at radius 1 is 0.867 bits per heavy atom. The molecular weight excluding hydrogens is 368 g/mol. The van der Waals surface area contributed by atoms with Crippen LogP contribution in [-0.2, 0) is 10.3 Å². The highest BCUT2D eigenvalue weighted by Gasteiger charge is 2.26. The maximum atomic E-state index is 12.8. The molecule has 0 aliphatic heterocycles. The Morgan fingerprint density at radius 3 is 2.27 bits per heavy atom. The molecule has 0 saturated heterocycles. The topological polar surface area (TPSA) is 26.3 Å². The summed E-state index contributed by atoms with van der Waals surface area (Å²) in [5.74, 6) is 0.189. The van der Waals surface area contributed by atoms with Crippen LogP contribution in [0.4, 0.5) is 0 Å². The monoisotopic (exact) mass is 396 g/mol. The minimum absolute atomic E-state index is 0.297. The van der Waals surface area contributed by atoms with Crippen LogP contribution >= 0.6 is 0 Å². The van der Waals surface area contributed by atoms with Crippen molar-refractivity contribution in [1.82, 2.24) is 0 Å². The van der Waals surface area contributed by atoms with Gasteiger partial charge in [0.05, 0.1) is 5.56 Å². The van der Waals surface area contributed by atoms with Crippen molar-refractivity contribution in [3.05, 3.63) is 95.6 Å². The van der Waals surface area contributed by atoms with Gasteiger partial charge in [0.25, 0.3) is 0 Å². The first kappa shape index (κ1) is 20.2. The summed E-state index contributed by atoms with van der Waals surface area (Å²) in [6.45, 7) is 8.25. The second-order valence-electron chi connectivity index (χ2n) is 8.55. The van der Waals surface area contributed by atoms with E-state index < -0.39 is 5.60 Å². The number of carbonyl (C=O) groups excluding carboxylic acids is 1. The lowest BCUT2D eigenvalue weighted by atomic mass is 9.93. The maximum absolute atomic E-state index is 12.8. The third-order valence-corrected chi connectivity index (χ3v) is 6.12. The Hall–Kier alpha value is -3.13. The van der Waals surface area contributed by atoms with Crippen molar-refractivity contribution in [1.29, 1.82) is 0 Å². The first-order chi connectivity index (χ1) is 14.4. The first-order valence-electron chi connectivity index (χ1n) is 10.6. The van der Waals surface area contributed by atoms with Gasteiger partial charge < -0.3 is 4.74 Å². The highest BCUT2D eigenvalue weighted by Crippen LogP contribution is 2.32. The normalized spacial score (nSPS) is 12.8. The van der Waals surface area contributed by atoms with E-state index in [1.807, 2.05) is 38.1 Å². The van der Waals surface area contributed by atoms with Gasteiger partial charge in [0.1, 0.15) is 5.60 Å². The minimum atomic E-state index is -0.730. The average molecular weight is 397 g/mol. The van der Waals surface area contributed by atoms with Gasteiger partial charge in [-0.2, -0.15) is 0 Å². The van der Waals surface area contributed by atoms with Crippen LogP contribution in [0.1, 0.15) is 61.5 Å². The van der Waals surface area contributed by atoms with Crippen LogP contribution in [0.3, 0.4) is 0 Å². The van der Waals surface area contributed by atoms with Crippen molar-refractivity contribution in [3.8, 4) is 0 Å². The van der Waals surface area contributed by atoms with Crippen molar-refractivity contribution in [2.24, 2.45) is 0 Å². The second kappa shape index (κ2) is 7.95. The molecule has 0 bridgehead atoms. The van der Waals surface area contributed by atoms with Crippen molar-refractivity contribution in [2.75, 3.05) is 0 Å². The molecule has 0 aromatic heterocycles. The molecule has 4 aromatic rings. The minimum Gasteiger partial charge on any atom is -0.451 e. The fourth-order valence-corrected chi connectivity index (χ4v) is 3.92. The zero-order valence-corrected chi connectivity index (χ0v) is 18.1. The largest absolute Gasteiger partial charge is 0.451 e. The highest BCUT2D eigenvalue weighted by molar-refractivity contribution is 6.07. The Kier molecular flexibility index (Phi) is 5.34. The van der Waals surface area contributed by atoms with Gasteiger partial charge in [-0.1, -0.05) is 74.5 Å². The summed E-state index contributed by atoms with van der Waals surface area (Å²) >= 11 is 0. The van der Waals surface area contributed by atoms with Gasteiger partial charge in [-0.05, 0) is 77.1 Å². The van der Waals surface area contributed by atoms with Gasteiger partial charge in [0.15, 0.2) is 0 Å². The Balaban J connectivity index is 1.60. The van der Waals surface area contributed by atoms with E-state index in [9.17, 15) is 4.79 Å². The molecule has 0 aliphatic carbocycles. The predicted octanol–water partition coefficient (Wildman–Crippen LogP) is 7.60. The number of hydrogen-bond acceptors (Lipinski definition) is 2. The number of fused-ring (bicyclic) bond motifs is 3. The van der Waals surface area contributed by atoms with Crippen molar-refractivity contribution in [2.45, 2.75) is 45.6 Å². The van der Waals surface area contributed by atoms with Gasteiger partial charge in [-0.15, -0.1) is 0 Å². The Bertz CT molecular complexity index is 1200. The van der Waals surface area contributed by atoms with E-state index >= 15 is 0 Å². The number of esters is 1. The Labute approximate surface area is 178 Å². The zero-order chi connectivity index (χ0) is 21.3. The lowest BCUT2D eigenvalue weighted by molar-refractivity contribution is -0.00307. The van der Waals surface area contributed by atoms with Crippen molar-refractivity contribution >= 4 is 27.5 Å². The lowest BCUT2D eigenvalue weighted by Crippen LogP contribution is -2.25. The molecule has 0 amide bonds. The molecule has 0 fully saturated rings. The van der Waals surface area contributed by atoms with Crippen LogP contribution in [0.2, 0.25) is 0 Å². The number of ether oxygens (including phenoxy) is 1. The van der Waals surface area contributed by atoms with E-state index in [1.165, 1.54) is 21.7 Å². The molecule has 0 radical (unpaired) electrons. The summed E-state index contributed by atoms with van der Waals surface area (Å²) in [4.78, 5) is 12.8. The maximum Gasteiger partial charge on any atom is 0.338 e. The number of carbonyl (C=O) groups is 1. The lowest BCUT2D eigenvalue weighted by Gasteiger charge is -2.26. The van der Waals surface area contributed by atoms with Crippen molar-refractivity contribution in [3.63, 3.8) is 0 Å². The molecule has 4 rings (SSSR count). The van der Waals surface area contributed by atoms with E-state index in [0.29, 0.717) is 11.5 Å². The molecule has 1 unspecified atom stereocenters. The molecule has 0 aliphatic rings. The van der Waals surface area contributed by atoms with E-state index in [2.05, 4.69) is 68.4 Å². The molecular formula is C28H28O2.